The molecule has 2 aromatic rings. The molecule has 1 aromatic heterocycles. The lowest BCUT2D eigenvalue weighted by atomic mass is 10.1. The van der Waals surface area contributed by atoms with Crippen molar-refractivity contribution in [2.45, 2.75) is 12.5 Å². The number of ether oxygens (including phenoxy) is 1. The predicted octanol–water partition coefficient (Wildman–Crippen LogP) is 1.95. The average molecular weight is 285 g/mol. The maximum Gasteiger partial charge on any atom is 0.272 e. The van der Waals surface area contributed by atoms with Crippen molar-refractivity contribution >= 4 is 5.91 Å². The van der Waals surface area contributed by atoms with Crippen LogP contribution in [0.25, 0.3) is 11.3 Å². The van der Waals surface area contributed by atoms with Crippen LogP contribution in [0.4, 0.5) is 0 Å². The van der Waals surface area contributed by atoms with E-state index in [1.165, 1.54) is 0 Å². The van der Waals surface area contributed by atoms with Gasteiger partial charge in [-0.15, -0.1) is 0 Å². The highest BCUT2D eigenvalue weighted by atomic mass is 16.5. The fourth-order valence-electron chi connectivity index (χ4n) is 2.68. The number of nitrogens with zero attached hydrogens (tertiary/aromatic N) is 3. The van der Waals surface area contributed by atoms with Gasteiger partial charge in [0.2, 0.25) is 0 Å². The van der Waals surface area contributed by atoms with E-state index in [1.807, 2.05) is 48.3 Å². The molecule has 0 bridgehead atoms. The van der Waals surface area contributed by atoms with Crippen LogP contribution >= 0.6 is 0 Å². The number of methoxy groups -OCH3 is 1. The second-order valence-corrected chi connectivity index (χ2v) is 5.30. The number of benzene rings is 1. The number of hydrogen-bond donors (Lipinski definition) is 0. The summed E-state index contributed by atoms with van der Waals surface area (Å²) in [6, 6.07) is 11.7. The van der Waals surface area contributed by atoms with Crippen molar-refractivity contribution in [2.24, 2.45) is 7.05 Å². The Morgan fingerprint density at radius 1 is 1.33 bits per heavy atom. The molecule has 1 fully saturated rings. The van der Waals surface area contributed by atoms with E-state index in [-0.39, 0.29) is 12.0 Å². The molecule has 1 aliphatic heterocycles. The van der Waals surface area contributed by atoms with Crippen molar-refractivity contribution < 1.29 is 9.53 Å². The zero-order valence-electron chi connectivity index (χ0n) is 12.3. The molecule has 1 unspecified atom stereocenters. The number of carbonyl (C=O) groups excluding carboxylic acids is 1. The van der Waals surface area contributed by atoms with Gasteiger partial charge in [-0.1, -0.05) is 30.3 Å². The topological polar surface area (TPSA) is 47.4 Å². The first-order valence-corrected chi connectivity index (χ1v) is 7.10. The molecule has 0 N–H and O–H groups in total. The van der Waals surface area contributed by atoms with Crippen LogP contribution in [-0.2, 0) is 11.8 Å². The SMILES string of the molecule is COC1CCN(C(=O)c2cc(-c3ccccc3)nn2C)C1. The van der Waals surface area contributed by atoms with E-state index in [0.717, 1.165) is 24.2 Å². The summed E-state index contributed by atoms with van der Waals surface area (Å²) >= 11 is 0. The van der Waals surface area contributed by atoms with E-state index in [1.54, 1.807) is 11.8 Å². The molecule has 110 valence electrons. The largest absolute Gasteiger partial charge is 0.380 e. The highest BCUT2D eigenvalue weighted by Gasteiger charge is 2.28. The van der Waals surface area contributed by atoms with Crippen LogP contribution < -0.4 is 0 Å². The maximum absolute atomic E-state index is 12.6. The smallest absolute Gasteiger partial charge is 0.272 e. The fourth-order valence-corrected chi connectivity index (χ4v) is 2.68. The van der Waals surface area contributed by atoms with E-state index in [0.29, 0.717) is 12.2 Å². The third-order valence-electron chi connectivity index (χ3n) is 3.93. The van der Waals surface area contributed by atoms with E-state index in [2.05, 4.69) is 5.10 Å². The van der Waals surface area contributed by atoms with Crippen LogP contribution in [0.2, 0.25) is 0 Å². The monoisotopic (exact) mass is 285 g/mol. The van der Waals surface area contributed by atoms with Crippen LogP contribution in [0, 0.1) is 0 Å². The summed E-state index contributed by atoms with van der Waals surface area (Å²) in [5.41, 5.74) is 2.46. The molecule has 3 rings (SSSR count). The van der Waals surface area contributed by atoms with Gasteiger partial charge in [0, 0.05) is 32.8 Å². The molecule has 0 radical (unpaired) electrons. The lowest BCUT2D eigenvalue weighted by Gasteiger charge is -2.15. The van der Waals surface area contributed by atoms with Gasteiger partial charge in [0.1, 0.15) is 5.69 Å². The number of aromatic nitrogens is 2. The molecular weight excluding hydrogens is 266 g/mol. The van der Waals surface area contributed by atoms with E-state index < -0.39 is 0 Å². The van der Waals surface area contributed by atoms with Crippen molar-refractivity contribution in [1.82, 2.24) is 14.7 Å². The molecule has 1 atom stereocenters. The lowest BCUT2D eigenvalue weighted by Crippen LogP contribution is -2.31. The Morgan fingerprint density at radius 2 is 2.10 bits per heavy atom. The van der Waals surface area contributed by atoms with E-state index in [9.17, 15) is 4.79 Å². The molecule has 5 heteroatoms. The summed E-state index contributed by atoms with van der Waals surface area (Å²) in [5.74, 6) is 0.0201. The first-order valence-electron chi connectivity index (χ1n) is 7.10. The minimum absolute atomic E-state index is 0.0201. The van der Waals surface area contributed by atoms with Crippen molar-refractivity contribution in [1.29, 1.82) is 0 Å². The quantitative estimate of drug-likeness (QED) is 0.866. The molecule has 2 heterocycles. The van der Waals surface area contributed by atoms with Gasteiger partial charge in [0.25, 0.3) is 5.91 Å². The van der Waals surface area contributed by atoms with Crippen molar-refractivity contribution in [2.75, 3.05) is 20.2 Å². The third kappa shape index (κ3) is 2.69. The molecule has 0 saturated carbocycles. The summed E-state index contributed by atoms with van der Waals surface area (Å²) in [6.07, 6.45) is 1.04. The van der Waals surface area contributed by atoms with Gasteiger partial charge in [-0.2, -0.15) is 5.10 Å². The normalized spacial score (nSPS) is 18.2. The van der Waals surface area contributed by atoms with E-state index in [4.69, 9.17) is 4.74 Å². The zero-order chi connectivity index (χ0) is 14.8. The van der Waals surface area contributed by atoms with Gasteiger partial charge in [-0.05, 0) is 12.5 Å². The Bertz CT molecular complexity index is 636. The van der Waals surface area contributed by atoms with Crippen LogP contribution in [-0.4, -0.2) is 46.9 Å². The molecule has 0 aliphatic carbocycles. The first kappa shape index (κ1) is 13.8. The van der Waals surface area contributed by atoms with Gasteiger partial charge in [-0.25, -0.2) is 0 Å². The second kappa shape index (κ2) is 5.69. The minimum atomic E-state index is 0.0201. The molecular formula is C16H19N3O2. The van der Waals surface area contributed by atoms with Crippen molar-refractivity contribution in [3.05, 3.63) is 42.1 Å². The van der Waals surface area contributed by atoms with Crippen LogP contribution in [0.1, 0.15) is 16.9 Å². The number of hydrogen-bond acceptors (Lipinski definition) is 3. The summed E-state index contributed by atoms with van der Waals surface area (Å²) in [7, 11) is 3.50. The third-order valence-corrected chi connectivity index (χ3v) is 3.93. The molecule has 1 saturated heterocycles. The van der Waals surface area contributed by atoms with Gasteiger partial charge in [-0.3, -0.25) is 9.48 Å². The Hall–Kier alpha value is -2.14. The Balaban J connectivity index is 1.83. The first-order chi connectivity index (χ1) is 10.2. The summed E-state index contributed by atoms with van der Waals surface area (Å²) in [5, 5.41) is 4.45. The molecule has 1 aromatic carbocycles. The number of aryl methyl sites for hydroxylation is 1. The van der Waals surface area contributed by atoms with Crippen molar-refractivity contribution in [3.63, 3.8) is 0 Å². The highest BCUT2D eigenvalue weighted by Crippen LogP contribution is 2.21. The van der Waals surface area contributed by atoms with Gasteiger partial charge in [0.05, 0.1) is 11.8 Å². The van der Waals surface area contributed by atoms with Crippen LogP contribution in [0.15, 0.2) is 36.4 Å². The number of rotatable bonds is 3. The summed E-state index contributed by atoms with van der Waals surface area (Å²) in [6.45, 7) is 1.39. The Labute approximate surface area is 124 Å². The average Bonchev–Trinajstić information content (AvgIpc) is 3.14. The van der Waals surface area contributed by atoms with E-state index >= 15 is 0 Å². The van der Waals surface area contributed by atoms with Crippen LogP contribution in [0.5, 0.6) is 0 Å². The second-order valence-electron chi connectivity index (χ2n) is 5.30. The molecule has 1 amide bonds. The standard InChI is InChI=1S/C16H19N3O2/c1-18-15(16(20)19-9-8-13(11-19)21-2)10-14(17-18)12-6-4-3-5-7-12/h3-7,10,13H,8-9,11H2,1-2H3. The number of carbonyl (C=O) groups is 1. The highest BCUT2D eigenvalue weighted by molar-refractivity contribution is 5.94. The lowest BCUT2D eigenvalue weighted by molar-refractivity contribution is 0.0714. The summed E-state index contributed by atoms with van der Waals surface area (Å²) < 4.78 is 6.97. The fraction of sp³-hybridized carbons (Fsp3) is 0.375. The predicted molar refractivity (Wildman–Crippen MR) is 80.0 cm³/mol. The molecule has 21 heavy (non-hydrogen) atoms. The van der Waals surface area contributed by atoms with Crippen LogP contribution in [0.3, 0.4) is 0 Å². The maximum atomic E-state index is 12.6. The zero-order valence-corrected chi connectivity index (χ0v) is 12.3. The number of likely N-dealkylation sites (tertiary alicyclic amines) is 1. The number of amides is 1. The van der Waals surface area contributed by atoms with Gasteiger partial charge >= 0.3 is 0 Å². The Kier molecular flexibility index (Phi) is 3.75. The molecule has 1 aliphatic rings. The summed E-state index contributed by atoms with van der Waals surface area (Å²) in [4.78, 5) is 14.4. The van der Waals surface area contributed by atoms with Crippen molar-refractivity contribution in [3.8, 4) is 11.3 Å². The molecule has 5 nitrogen and oxygen atoms in total. The Morgan fingerprint density at radius 3 is 2.76 bits per heavy atom. The molecule has 0 spiro atoms. The van der Waals surface area contributed by atoms with Gasteiger partial charge < -0.3 is 9.64 Å². The minimum Gasteiger partial charge on any atom is -0.380 e. The van der Waals surface area contributed by atoms with Gasteiger partial charge in [0.15, 0.2) is 0 Å².